The quantitative estimate of drug-likeness (QED) is 0.164. The molecule has 10 aromatic rings. The zero-order valence-electron chi connectivity index (χ0n) is 30.3. The lowest BCUT2D eigenvalue weighted by molar-refractivity contribution is 1.18. The number of hydrogen-bond donors (Lipinski definition) is 0. The van der Waals surface area contributed by atoms with Crippen molar-refractivity contribution < 1.29 is 0 Å². The van der Waals surface area contributed by atoms with E-state index in [9.17, 15) is 0 Å². The number of benzene rings is 6. The SMILES string of the molecule is c1ccc(-c2ccc(-c3cc(-c4cc(-c5cccc6cccnc56)cc(-c5cccc6cccnc56)c4)nc(-c4ccc(-c5cccnc5)cc4)n3)cc2)cc1. The van der Waals surface area contributed by atoms with Crippen LogP contribution in [0.25, 0.3) is 100 Å². The van der Waals surface area contributed by atoms with Crippen LogP contribution in [0.3, 0.4) is 0 Å². The Labute approximate surface area is 324 Å². The van der Waals surface area contributed by atoms with Crippen LogP contribution in [0.1, 0.15) is 0 Å². The molecule has 0 aliphatic rings. The molecule has 262 valence electrons. The molecule has 0 amide bonds. The number of aromatic nitrogens is 5. The molecule has 56 heavy (non-hydrogen) atoms. The van der Waals surface area contributed by atoms with E-state index in [1.165, 1.54) is 5.56 Å². The maximum atomic E-state index is 5.31. The number of rotatable bonds is 7. The minimum Gasteiger partial charge on any atom is -0.264 e. The van der Waals surface area contributed by atoms with Crippen LogP contribution >= 0.6 is 0 Å². The van der Waals surface area contributed by atoms with Gasteiger partial charge in [0, 0.05) is 63.4 Å². The normalized spacial score (nSPS) is 11.2. The Balaban J connectivity index is 1.18. The van der Waals surface area contributed by atoms with Gasteiger partial charge in [0.1, 0.15) is 0 Å². The summed E-state index contributed by atoms with van der Waals surface area (Å²) in [5.41, 5.74) is 15.1. The van der Waals surface area contributed by atoms with Gasteiger partial charge in [-0.05, 0) is 75.8 Å². The summed E-state index contributed by atoms with van der Waals surface area (Å²) in [6.07, 6.45) is 7.39. The molecule has 10 rings (SSSR count). The van der Waals surface area contributed by atoms with E-state index in [0.717, 1.165) is 88.8 Å². The molecule has 4 aromatic heterocycles. The molecule has 0 spiro atoms. The standard InChI is InChI=1S/C51H33N5/c1-2-9-34(10-3-1)35-18-22-37(23-19-35)47-32-48(56-51(55-47)40-24-20-36(21-25-40)41-15-6-26-52-33-41)44-30-42(45-16-4-11-38-13-7-27-53-49(38)45)29-43(31-44)46-17-5-12-39-14-8-28-54-50(39)46/h1-33H. The van der Waals surface area contributed by atoms with Gasteiger partial charge >= 0.3 is 0 Å². The first-order chi connectivity index (χ1) is 27.7. The molecule has 0 fully saturated rings. The van der Waals surface area contributed by atoms with E-state index in [1.54, 1.807) is 6.20 Å². The predicted molar refractivity (Wildman–Crippen MR) is 228 cm³/mol. The fourth-order valence-electron chi connectivity index (χ4n) is 7.44. The van der Waals surface area contributed by atoms with Crippen molar-refractivity contribution in [1.82, 2.24) is 24.9 Å². The smallest absolute Gasteiger partial charge is 0.160 e. The molecule has 5 nitrogen and oxygen atoms in total. The van der Waals surface area contributed by atoms with Crippen molar-refractivity contribution >= 4 is 21.8 Å². The van der Waals surface area contributed by atoms with E-state index < -0.39 is 0 Å². The number of nitrogens with zero attached hydrogens (tertiary/aromatic N) is 5. The zero-order chi connectivity index (χ0) is 37.3. The predicted octanol–water partition coefficient (Wildman–Crippen LogP) is 12.6. The Morgan fingerprint density at radius 1 is 0.304 bits per heavy atom. The Morgan fingerprint density at radius 3 is 1.39 bits per heavy atom. The Kier molecular flexibility index (Phi) is 8.43. The van der Waals surface area contributed by atoms with E-state index >= 15 is 0 Å². The molecule has 0 saturated heterocycles. The van der Waals surface area contributed by atoms with Crippen LogP contribution in [-0.4, -0.2) is 24.9 Å². The van der Waals surface area contributed by atoms with Gasteiger partial charge in [-0.15, -0.1) is 0 Å². The highest BCUT2D eigenvalue weighted by Crippen LogP contribution is 2.38. The Morgan fingerprint density at radius 2 is 0.786 bits per heavy atom. The van der Waals surface area contributed by atoms with Gasteiger partial charge in [0.2, 0.25) is 0 Å². The summed E-state index contributed by atoms with van der Waals surface area (Å²) < 4.78 is 0. The van der Waals surface area contributed by atoms with Crippen LogP contribution in [0.2, 0.25) is 0 Å². The van der Waals surface area contributed by atoms with Gasteiger partial charge in [-0.25, -0.2) is 9.97 Å². The second kappa shape index (κ2) is 14.3. The lowest BCUT2D eigenvalue weighted by Gasteiger charge is -2.15. The summed E-state index contributed by atoms with van der Waals surface area (Å²) in [7, 11) is 0. The monoisotopic (exact) mass is 715 g/mol. The third kappa shape index (κ3) is 6.37. The van der Waals surface area contributed by atoms with Gasteiger partial charge in [-0.1, -0.05) is 133 Å². The van der Waals surface area contributed by atoms with Crippen molar-refractivity contribution in [2.75, 3.05) is 0 Å². The average Bonchev–Trinajstić information content (AvgIpc) is 3.29. The summed E-state index contributed by atoms with van der Waals surface area (Å²) in [5, 5.41) is 2.17. The van der Waals surface area contributed by atoms with Crippen molar-refractivity contribution in [2.24, 2.45) is 0 Å². The van der Waals surface area contributed by atoms with Gasteiger partial charge in [-0.2, -0.15) is 0 Å². The molecule has 0 atom stereocenters. The van der Waals surface area contributed by atoms with Crippen LogP contribution in [0, 0.1) is 0 Å². The van der Waals surface area contributed by atoms with Gasteiger partial charge in [0.05, 0.1) is 22.4 Å². The number of pyridine rings is 3. The van der Waals surface area contributed by atoms with Crippen molar-refractivity contribution in [2.45, 2.75) is 0 Å². The van der Waals surface area contributed by atoms with Gasteiger partial charge < -0.3 is 0 Å². The lowest BCUT2D eigenvalue weighted by Crippen LogP contribution is -1.97. The number of para-hydroxylation sites is 2. The summed E-state index contributed by atoms with van der Waals surface area (Å²) in [6, 6.07) is 61.2. The molecule has 0 radical (unpaired) electrons. The minimum absolute atomic E-state index is 0.646. The molecule has 0 N–H and O–H groups in total. The van der Waals surface area contributed by atoms with E-state index in [2.05, 4.69) is 157 Å². The van der Waals surface area contributed by atoms with Crippen molar-refractivity contribution in [3.63, 3.8) is 0 Å². The fourth-order valence-corrected chi connectivity index (χ4v) is 7.44. The van der Waals surface area contributed by atoms with Gasteiger partial charge in [0.15, 0.2) is 5.82 Å². The highest BCUT2D eigenvalue weighted by Gasteiger charge is 2.16. The van der Waals surface area contributed by atoms with Gasteiger partial charge in [-0.3, -0.25) is 15.0 Å². The largest absolute Gasteiger partial charge is 0.264 e. The number of hydrogen-bond acceptors (Lipinski definition) is 5. The molecule has 0 saturated carbocycles. The number of fused-ring (bicyclic) bond motifs is 2. The van der Waals surface area contributed by atoms with Crippen LogP contribution < -0.4 is 0 Å². The summed E-state index contributed by atoms with van der Waals surface area (Å²) in [6.45, 7) is 0. The molecular weight excluding hydrogens is 683 g/mol. The molecule has 0 aliphatic heterocycles. The fraction of sp³-hybridized carbons (Fsp3) is 0. The Hall–Kier alpha value is -7.63. The molecule has 4 heterocycles. The summed E-state index contributed by atoms with van der Waals surface area (Å²) in [5.74, 6) is 0.646. The molecule has 0 aliphatic carbocycles. The first-order valence-electron chi connectivity index (χ1n) is 18.6. The first-order valence-corrected chi connectivity index (χ1v) is 18.6. The second-order valence-electron chi connectivity index (χ2n) is 13.8. The summed E-state index contributed by atoms with van der Waals surface area (Å²) in [4.78, 5) is 24.5. The lowest BCUT2D eigenvalue weighted by atomic mass is 9.92. The third-order valence-corrected chi connectivity index (χ3v) is 10.3. The van der Waals surface area contributed by atoms with Gasteiger partial charge in [0.25, 0.3) is 0 Å². The highest BCUT2D eigenvalue weighted by molar-refractivity contribution is 5.99. The topological polar surface area (TPSA) is 64.5 Å². The van der Waals surface area contributed by atoms with Crippen molar-refractivity contribution in [3.8, 4) is 78.4 Å². The van der Waals surface area contributed by atoms with Crippen LogP contribution in [-0.2, 0) is 0 Å². The van der Waals surface area contributed by atoms with Crippen LogP contribution in [0.15, 0.2) is 201 Å². The second-order valence-corrected chi connectivity index (χ2v) is 13.8. The highest BCUT2D eigenvalue weighted by atomic mass is 14.9. The van der Waals surface area contributed by atoms with E-state index in [-0.39, 0.29) is 0 Å². The molecule has 5 heteroatoms. The van der Waals surface area contributed by atoms with Crippen LogP contribution in [0.4, 0.5) is 0 Å². The average molecular weight is 716 g/mol. The van der Waals surface area contributed by atoms with E-state index in [4.69, 9.17) is 19.9 Å². The van der Waals surface area contributed by atoms with E-state index in [1.807, 2.05) is 42.9 Å². The third-order valence-electron chi connectivity index (χ3n) is 10.3. The van der Waals surface area contributed by atoms with E-state index in [0.29, 0.717) is 5.82 Å². The zero-order valence-corrected chi connectivity index (χ0v) is 30.3. The van der Waals surface area contributed by atoms with Crippen molar-refractivity contribution in [3.05, 3.63) is 201 Å². The maximum absolute atomic E-state index is 5.31. The molecule has 6 aromatic carbocycles. The van der Waals surface area contributed by atoms with Crippen molar-refractivity contribution in [1.29, 1.82) is 0 Å². The first kappa shape index (κ1) is 33.0. The minimum atomic E-state index is 0.646. The summed E-state index contributed by atoms with van der Waals surface area (Å²) >= 11 is 0. The maximum Gasteiger partial charge on any atom is 0.160 e. The molecule has 0 unspecified atom stereocenters. The molecule has 0 bridgehead atoms. The van der Waals surface area contributed by atoms with Crippen LogP contribution in [0.5, 0.6) is 0 Å². The Bertz CT molecular complexity index is 2790. The molecular formula is C51H33N5.